The third kappa shape index (κ3) is 12.4. The number of nitrogens with zero attached hydrogens (tertiary/aromatic N) is 1. The lowest BCUT2D eigenvalue weighted by atomic mass is 9.94. The van der Waals surface area contributed by atoms with Gasteiger partial charge in [-0.2, -0.15) is 0 Å². The lowest BCUT2D eigenvalue weighted by molar-refractivity contribution is 0.257. The fourth-order valence-electron chi connectivity index (χ4n) is 3.61. The van der Waals surface area contributed by atoms with E-state index >= 15 is 0 Å². The maximum atomic E-state index is 11.9. The fraction of sp³-hybridized carbons (Fsp3) is 1.00. The fourth-order valence-corrected chi connectivity index (χ4v) is 4.29. The Hall–Kier alpha value is 0.0700. The second-order valence-electron chi connectivity index (χ2n) is 7.38. The normalized spacial score (nSPS) is 15.6. The van der Waals surface area contributed by atoms with Gasteiger partial charge in [-0.25, -0.2) is 8.51 Å². The van der Waals surface area contributed by atoms with Crippen molar-refractivity contribution in [3.63, 3.8) is 0 Å². The van der Waals surface area contributed by atoms with Crippen LogP contribution in [-0.2, 0) is 11.3 Å². The molecule has 0 amide bonds. The summed E-state index contributed by atoms with van der Waals surface area (Å²) in [6.07, 6.45) is 14.6. The Labute approximate surface area is 154 Å². The average Bonchev–Trinajstić information content (AvgIpc) is 2.54. The number of unbranched alkanes of at least 4 members (excludes halogenated alkanes) is 4. The standard InChI is InChI=1S/C20H43NO2S/c1-5-9-11-15-19(13-7-3)17-21(24(22)23)18-20(14-8-4)16-12-10-6-2/h19-20H,5-18H2,1-4H3,(H,22,23). The van der Waals surface area contributed by atoms with Crippen LogP contribution in [0.1, 0.15) is 105 Å². The molecule has 0 radical (unpaired) electrons. The molecular weight excluding hydrogens is 318 g/mol. The minimum absolute atomic E-state index is 0.565. The third-order valence-corrected chi connectivity index (χ3v) is 5.71. The van der Waals surface area contributed by atoms with Gasteiger partial charge in [0.05, 0.1) is 0 Å². The highest BCUT2D eigenvalue weighted by molar-refractivity contribution is 7.76. The van der Waals surface area contributed by atoms with Crippen LogP contribution >= 0.6 is 0 Å². The molecule has 3 nitrogen and oxygen atoms in total. The lowest BCUT2D eigenvalue weighted by Gasteiger charge is -2.28. The van der Waals surface area contributed by atoms with Crippen molar-refractivity contribution in [2.45, 2.75) is 105 Å². The van der Waals surface area contributed by atoms with Crippen molar-refractivity contribution < 1.29 is 8.76 Å². The molecule has 0 aromatic heterocycles. The van der Waals surface area contributed by atoms with E-state index in [0.29, 0.717) is 11.8 Å². The Morgan fingerprint density at radius 1 is 0.708 bits per heavy atom. The molecule has 0 fully saturated rings. The summed E-state index contributed by atoms with van der Waals surface area (Å²) < 4.78 is 23.5. The first-order valence-electron chi connectivity index (χ1n) is 10.4. The van der Waals surface area contributed by atoms with Crippen LogP contribution in [0.15, 0.2) is 0 Å². The quantitative estimate of drug-likeness (QED) is 0.240. The molecule has 3 unspecified atom stereocenters. The Kier molecular flexibility index (Phi) is 16.6. The topological polar surface area (TPSA) is 40.5 Å². The van der Waals surface area contributed by atoms with Crippen LogP contribution in [-0.4, -0.2) is 26.2 Å². The first kappa shape index (κ1) is 24.1. The summed E-state index contributed by atoms with van der Waals surface area (Å²) in [7, 11) is 0. The maximum Gasteiger partial charge on any atom is 0.234 e. The molecule has 4 heteroatoms. The molecule has 0 spiro atoms. The molecule has 0 saturated heterocycles. The molecule has 0 aromatic carbocycles. The van der Waals surface area contributed by atoms with Gasteiger partial charge in [0.25, 0.3) is 0 Å². The van der Waals surface area contributed by atoms with Crippen LogP contribution in [0.2, 0.25) is 0 Å². The highest BCUT2D eigenvalue weighted by Crippen LogP contribution is 2.22. The van der Waals surface area contributed by atoms with E-state index in [1.165, 1.54) is 64.2 Å². The summed E-state index contributed by atoms with van der Waals surface area (Å²) in [4.78, 5) is 0. The number of hydrogen-bond acceptors (Lipinski definition) is 1. The molecule has 146 valence electrons. The Bertz CT molecular complexity index is 277. The summed E-state index contributed by atoms with van der Waals surface area (Å²) in [6, 6.07) is 0. The zero-order valence-corrected chi connectivity index (χ0v) is 17.6. The molecule has 0 saturated carbocycles. The minimum atomic E-state index is -1.83. The van der Waals surface area contributed by atoms with Gasteiger partial charge in [-0.3, -0.25) is 4.55 Å². The third-order valence-electron chi connectivity index (χ3n) is 4.97. The second kappa shape index (κ2) is 16.5. The van der Waals surface area contributed by atoms with E-state index in [4.69, 9.17) is 0 Å². The molecule has 24 heavy (non-hydrogen) atoms. The van der Waals surface area contributed by atoms with Crippen LogP contribution < -0.4 is 0 Å². The molecule has 1 N–H and O–H groups in total. The van der Waals surface area contributed by atoms with Gasteiger partial charge >= 0.3 is 0 Å². The molecule has 0 aliphatic heterocycles. The van der Waals surface area contributed by atoms with E-state index in [1.807, 2.05) is 4.31 Å². The van der Waals surface area contributed by atoms with E-state index in [-0.39, 0.29) is 0 Å². The number of hydrogen-bond donors (Lipinski definition) is 1. The van der Waals surface area contributed by atoms with Crippen LogP contribution in [0, 0.1) is 11.8 Å². The molecule has 0 aromatic rings. The zero-order valence-electron chi connectivity index (χ0n) is 16.8. The summed E-state index contributed by atoms with van der Waals surface area (Å²) in [5.74, 6) is 1.13. The predicted octanol–water partition coefficient (Wildman–Crippen LogP) is 6.42. The van der Waals surface area contributed by atoms with Crippen molar-refractivity contribution in [1.29, 1.82) is 0 Å². The highest BCUT2D eigenvalue weighted by Gasteiger charge is 2.21. The first-order chi connectivity index (χ1) is 11.6. The van der Waals surface area contributed by atoms with Gasteiger partial charge in [0.2, 0.25) is 11.3 Å². The van der Waals surface area contributed by atoms with Crippen molar-refractivity contribution in [1.82, 2.24) is 4.31 Å². The molecule has 0 heterocycles. The molecule has 3 atom stereocenters. The molecular formula is C20H43NO2S. The van der Waals surface area contributed by atoms with E-state index < -0.39 is 11.3 Å². The van der Waals surface area contributed by atoms with Crippen molar-refractivity contribution in [2.24, 2.45) is 11.8 Å². The van der Waals surface area contributed by atoms with Crippen molar-refractivity contribution in [3.05, 3.63) is 0 Å². The summed E-state index contributed by atoms with van der Waals surface area (Å²) >= 11 is -1.83. The van der Waals surface area contributed by atoms with Gasteiger partial charge in [-0.1, -0.05) is 79.1 Å². The number of rotatable bonds is 17. The van der Waals surface area contributed by atoms with Gasteiger partial charge in [-0.05, 0) is 37.5 Å². The maximum absolute atomic E-state index is 11.9. The minimum Gasteiger partial charge on any atom is -0.294 e. The van der Waals surface area contributed by atoms with Gasteiger partial charge in [0, 0.05) is 13.1 Å². The average molecular weight is 362 g/mol. The monoisotopic (exact) mass is 361 g/mol. The summed E-state index contributed by atoms with van der Waals surface area (Å²) in [6.45, 7) is 10.5. The van der Waals surface area contributed by atoms with Crippen LogP contribution in [0.25, 0.3) is 0 Å². The second-order valence-corrected chi connectivity index (χ2v) is 8.36. The van der Waals surface area contributed by atoms with Crippen LogP contribution in [0.3, 0.4) is 0 Å². The van der Waals surface area contributed by atoms with Gasteiger partial charge in [0.1, 0.15) is 0 Å². The van der Waals surface area contributed by atoms with Crippen molar-refractivity contribution in [3.8, 4) is 0 Å². The van der Waals surface area contributed by atoms with E-state index in [9.17, 15) is 8.76 Å². The van der Waals surface area contributed by atoms with Gasteiger partial charge < -0.3 is 0 Å². The largest absolute Gasteiger partial charge is 0.294 e. The molecule has 0 aliphatic carbocycles. The lowest BCUT2D eigenvalue weighted by Crippen LogP contribution is -2.35. The van der Waals surface area contributed by atoms with Gasteiger partial charge in [0.15, 0.2) is 0 Å². The molecule has 0 bridgehead atoms. The van der Waals surface area contributed by atoms with Crippen LogP contribution in [0.4, 0.5) is 0 Å². The summed E-state index contributed by atoms with van der Waals surface area (Å²) in [5.41, 5.74) is 0. The van der Waals surface area contributed by atoms with E-state index in [0.717, 1.165) is 25.9 Å². The smallest absolute Gasteiger partial charge is 0.234 e. The summed E-state index contributed by atoms with van der Waals surface area (Å²) in [5, 5.41) is 0. The highest BCUT2D eigenvalue weighted by atomic mass is 32.2. The van der Waals surface area contributed by atoms with Crippen molar-refractivity contribution >= 4 is 11.3 Å². The first-order valence-corrected chi connectivity index (χ1v) is 11.5. The zero-order chi connectivity index (χ0) is 18.2. The molecule has 0 rings (SSSR count). The molecule has 0 aliphatic rings. The van der Waals surface area contributed by atoms with Crippen molar-refractivity contribution in [2.75, 3.05) is 13.1 Å². The predicted molar refractivity (Wildman–Crippen MR) is 107 cm³/mol. The van der Waals surface area contributed by atoms with E-state index in [1.54, 1.807) is 0 Å². The van der Waals surface area contributed by atoms with Crippen LogP contribution in [0.5, 0.6) is 0 Å². The van der Waals surface area contributed by atoms with Gasteiger partial charge in [-0.15, -0.1) is 0 Å². The SMILES string of the molecule is CCCCCC(CCC)CN(CC(CCC)CCCCC)S(=O)O. The Balaban J connectivity index is 4.61. The van der Waals surface area contributed by atoms with E-state index in [2.05, 4.69) is 27.7 Å². The Morgan fingerprint density at radius 2 is 1.12 bits per heavy atom. The Morgan fingerprint density at radius 3 is 1.42 bits per heavy atom.